The van der Waals surface area contributed by atoms with Gasteiger partial charge in [0.1, 0.15) is 12.4 Å². The Morgan fingerprint density at radius 3 is 2.24 bits per heavy atom. The standard InChI is InChI=1S/C26H40O3/c1-6-7-14-27-25(17-20(2)3)19-26(21(4)5)29-16-15-28-24-13-12-22-10-8-9-11-23(22)18-24/h8-13,18,20-21,25-26H,6-7,14-17,19H2,1-5H3. The number of rotatable bonds is 14. The van der Waals surface area contributed by atoms with Crippen molar-refractivity contribution in [1.82, 2.24) is 0 Å². The number of hydrogen-bond acceptors (Lipinski definition) is 3. The molecule has 0 radical (unpaired) electrons. The van der Waals surface area contributed by atoms with Crippen LogP contribution in [0, 0.1) is 11.8 Å². The van der Waals surface area contributed by atoms with Crippen LogP contribution in [0.25, 0.3) is 10.8 Å². The van der Waals surface area contributed by atoms with Crippen molar-refractivity contribution >= 4 is 10.8 Å². The third kappa shape index (κ3) is 8.76. The molecule has 0 aliphatic carbocycles. The topological polar surface area (TPSA) is 27.7 Å². The van der Waals surface area contributed by atoms with Crippen molar-refractivity contribution in [2.24, 2.45) is 11.8 Å². The minimum Gasteiger partial charge on any atom is -0.491 e. The van der Waals surface area contributed by atoms with Crippen molar-refractivity contribution in [2.45, 2.75) is 72.5 Å². The molecule has 2 rings (SSSR count). The predicted molar refractivity (Wildman–Crippen MR) is 123 cm³/mol. The molecule has 0 saturated carbocycles. The second-order valence-electron chi connectivity index (χ2n) is 8.72. The van der Waals surface area contributed by atoms with Gasteiger partial charge in [-0.1, -0.05) is 71.4 Å². The molecule has 29 heavy (non-hydrogen) atoms. The minimum absolute atomic E-state index is 0.195. The number of benzene rings is 2. The van der Waals surface area contributed by atoms with Gasteiger partial charge in [0.15, 0.2) is 0 Å². The van der Waals surface area contributed by atoms with Gasteiger partial charge in [0, 0.05) is 13.0 Å². The van der Waals surface area contributed by atoms with Crippen molar-refractivity contribution in [2.75, 3.05) is 19.8 Å². The van der Waals surface area contributed by atoms with E-state index in [0.29, 0.717) is 25.0 Å². The van der Waals surface area contributed by atoms with Gasteiger partial charge >= 0.3 is 0 Å². The fourth-order valence-corrected chi connectivity index (χ4v) is 3.56. The zero-order chi connectivity index (χ0) is 21.1. The summed E-state index contributed by atoms with van der Waals surface area (Å²) in [6, 6.07) is 14.6. The molecule has 0 fully saturated rings. The summed E-state index contributed by atoms with van der Waals surface area (Å²) >= 11 is 0. The molecule has 0 N–H and O–H groups in total. The first-order valence-corrected chi connectivity index (χ1v) is 11.3. The van der Waals surface area contributed by atoms with E-state index in [2.05, 4.69) is 71.0 Å². The Labute approximate surface area is 177 Å². The average Bonchev–Trinajstić information content (AvgIpc) is 2.69. The van der Waals surface area contributed by atoms with E-state index in [-0.39, 0.29) is 12.2 Å². The molecule has 2 unspecified atom stereocenters. The van der Waals surface area contributed by atoms with Crippen LogP contribution in [0.15, 0.2) is 42.5 Å². The zero-order valence-corrected chi connectivity index (χ0v) is 19.0. The normalized spacial score (nSPS) is 13.9. The summed E-state index contributed by atoms with van der Waals surface area (Å²) in [5.74, 6) is 1.99. The highest BCUT2D eigenvalue weighted by Crippen LogP contribution is 2.22. The maximum atomic E-state index is 6.23. The molecule has 0 aliphatic rings. The summed E-state index contributed by atoms with van der Waals surface area (Å²) in [6.45, 7) is 13.2. The number of fused-ring (bicyclic) bond motifs is 1. The second-order valence-corrected chi connectivity index (χ2v) is 8.72. The van der Waals surface area contributed by atoms with Gasteiger partial charge in [-0.05, 0) is 47.6 Å². The fourth-order valence-electron chi connectivity index (χ4n) is 3.56. The van der Waals surface area contributed by atoms with Crippen LogP contribution in [-0.4, -0.2) is 32.0 Å². The molecular formula is C26H40O3. The van der Waals surface area contributed by atoms with Gasteiger partial charge in [0.05, 0.1) is 18.8 Å². The van der Waals surface area contributed by atoms with E-state index in [1.807, 2.05) is 6.07 Å². The Morgan fingerprint density at radius 1 is 0.793 bits per heavy atom. The summed E-state index contributed by atoms with van der Waals surface area (Å²) < 4.78 is 18.3. The van der Waals surface area contributed by atoms with Crippen LogP contribution in [-0.2, 0) is 9.47 Å². The molecular weight excluding hydrogens is 360 g/mol. The number of unbranched alkanes of at least 4 members (excludes halogenated alkanes) is 1. The lowest BCUT2D eigenvalue weighted by Crippen LogP contribution is -2.30. The molecule has 3 heteroatoms. The molecule has 0 aromatic heterocycles. The van der Waals surface area contributed by atoms with Crippen molar-refractivity contribution < 1.29 is 14.2 Å². The second kappa shape index (κ2) is 12.9. The Balaban J connectivity index is 1.82. The third-order valence-electron chi connectivity index (χ3n) is 5.23. The number of ether oxygens (including phenoxy) is 3. The fraction of sp³-hybridized carbons (Fsp3) is 0.615. The Morgan fingerprint density at radius 2 is 1.55 bits per heavy atom. The van der Waals surface area contributed by atoms with E-state index in [4.69, 9.17) is 14.2 Å². The molecule has 3 nitrogen and oxygen atoms in total. The lowest BCUT2D eigenvalue weighted by molar-refractivity contribution is -0.0474. The van der Waals surface area contributed by atoms with Crippen LogP contribution in [0.4, 0.5) is 0 Å². The highest BCUT2D eigenvalue weighted by Gasteiger charge is 2.21. The summed E-state index contributed by atoms with van der Waals surface area (Å²) in [7, 11) is 0. The summed E-state index contributed by atoms with van der Waals surface area (Å²) in [5.41, 5.74) is 0. The van der Waals surface area contributed by atoms with Crippen LogP contribution in [0.3, 0.4) is 0 Å². The van der Waals surface area contributed by atoms with Gasteiger partial charge in [0.2, 0.25) is 0 Å². The van der Waals surface area contributed by atoms with E-state index in [1.165, 1.54) is 17.2 Å². The minimum atomic E-state index is 0.195. The average molecular weight is 401 g/mol. The van der Waals surface area contributed by atoms with Crippen LogP contribution in [0.2, 0.25) is 0 Å². The SMILES string of the molecule is CCCCOC(CC(C)C)CC(OCCOc1ccc2ccccc2c1)C(C)C. The summed E-state index contributed by atoms with van der Waals surface area (Å²) in [6.07, 6.45) is 4.81. The van der Waals surface area contributed by atoms with Crippen LogP contribution in [0.1, 0.15) is 60.3 Å². The van der Waals surface area contributed by atoms with Crippen molar-refractivity contribution in [3.05, 3.63) is 42.5 Å². The molecule has 162 valence electrons. The zero-order valence-electron chi connectivity index (χ0n) is 19.0. The van der Waals surface area contributed by atoms with Crippen molar-refractivity contribution in [1.29, 1.82) is 0 Å². The van der Waals surface area contributed by atoms with E-state index in [1.54, 1.807) is 0 Å². The summed E-state index contributed by atoms with van der Waals surface area (Å²) in [4.78, 5) is 0. The lowest BCUT2D eigenvalue weighted by Gasteiger charge is -2.28. The molecule has 2 aromatic carbocycles. The van der Waals surface area contributed by atoms with Gasteiger partial charge in [-0.2, -0.15) is 0 Å². The molecule has 0 bridgehead atoms. The van der Waals surface area contributed by atoms with Crippen LogP contribution >= 0.6 is 0 Å². The van der Waals surface area contributed by atoms with E-state index in [0.717, 1.165) is 31.6 Å². The van der Waals surface area contributed by atoms with E-state index in [9.17, 15) is 0 Å². The maximum Gasteiger partial charge on any atom is 0.120 e. The van der Waals surface area contributed by atoms with Crippen molar-refractivity contribution in [3.8, 4) is 5.75 Å². The van der Waals surface area contributed by atoms with E-state index < -0.39 is 0 Å². The first-order chi connectivity index (χ1) is 14.0. The first-order valence-electron chi connectivity index (χ1n) is 11.3. The number of hydrogen-bond donors (Lipinski definition) is 0. The predicted octanol–water partition coefficient (Wildman–Crippen LogP) is 6.88. The quantitative estimate of drug-likeness (QED) is 0.323. The Bertz CT molecular complexity index is 695. The van der Waals surface area contributed by atoms with Gasteiger partial charge in [-0.3, -0.25) is 0 Å². The molecule has 0 spiro atoms. The van der Waals surface area contributed by atoms with Gasteiger partial charge in [-0.25, -0.2) is 0 Å². The summed E-state index contributed by atoms with van der Waals surface area (Å²) in [5, 5.41) is 2.43. The van der Waals surface area contributed by atoms with Gasteiger partial charge in [0.25, 0.3) is 0 Å². The van der Waals surface area contributed by atoms with Crippen molar-refractivity contribution in [3.63, 3.8) is 0 Å². The monoisotopic (exact) mass is 400 g/mol. The Hall–Kier alpha value is -1.58. The van der Waals surface area contributed by atoms with E-state index >= 15 is 0 Å². The molecule has 0 saturated heterocycles. The first kappa shape index (κ1) is 23.7. The largest absolute Gasteiger partial charge is 0.491 e. The highest BCUT2D eigenvalue weighted by molar-refractivity contribution is 5.83. The smallest absolute Gasteiger partial charge is 0.120 e. The molecule has 2 aromatic rings. The van der Waals surface area contributed by atoms with Gasteiger partial charge < -0.3 is 14.2 Å². The molecule has 2 atom stereocenters. The van der Waals surface area contributed by atoms with Gasteiger partial charge in [-0.15, -0.1) is 0 Å². The maximum absolute atomic E-state index is 6.23. The van der Waals surface area contributed by atoms with Crippen LogP contribution in [0.5, 0.6) is 5.75 Å². The van der Waals surface area contributed by atoms with Crippen LogP contribution < -0.4 is 4.74 Å². The lowest BCUT2D eigenvalue weighted by atomic mass is 9.95. The molecule has 0 heterocycles. The Kier molecular flexibility index (Phi) is 10.5. The highest BCUT2D eigenvalue weighted by atomic mass is 16.5. The molecule has 0 aliphatic heterocycles. The molecule has 0 amide bonds. The third-order valence-corrected chi connectivity index (χ3v) is 5.23.